The van der Waals surface area contributed by atoms with Crippen LogP contribution in [0, 0.1) is 0 Å². The fraction of sp³-hybridized carbons (Fsp3) is 0.500. The lowest BCUT2D eigenvalue weighted by atomic mass is 10.7. The van der Waals surface area contributed by atoms with Gasteiger partial charge in [0.15, 0.2) is 5.62 Å². The minimum absolute atomic E-state index is 0.139. The standard InChI is InChI=1S/C4H8ClN3/c1-8-3-2-6-7-4(8)5/h2-4,6-7H,1H3. The number of alkyl halides is 1. The first-order valence-electron chi connectivity index (χ1n) is 2.34. The van der Waals surface area contributed by atoms with Crippen molar-refractivity contribution < 1.29 is 0 Å². The lowest BCUT2D eigenvalue weighted by molar-refractivity contribution is 0.320. The molecular weight excluding hydrogens is 126 g/mol. The van der Waals surface area contributed by atoms with Gasteiger partial charge in [0.1, 0.15) is 0 Å². The molecule has 8 heavy (non-hydrogen) atoms. The van der Waals surface area contributed by atoms with Crippen molar-refractivity contribution >= 4 is 11.6 Å². The van der Waals surface area contributed by atoms with Gasteiger partial charge in [0, 0.05) is 19.4 Å². The van der Waals surface area contributed by atoms with Crippen LogP contribution in [0.2, 0.25) is 0 Å². The molecule has 1 unspecified atom stereocenters. The Balaban J connectivity index is 2.47. The lowest BCUT2D eigenvalue weighted by Crippen LogP contribution is -2.46. The van der Waals surface area contributed by atoms with Gasteiger partial charge in [-0.05, 0) is 0 Å². The minimum Gasteiger partial charge on any atom is -0.350 e. The largest absolute Gasteiger partial charge is 0.350 e. The number of halogens is 1. The minimum atomic E-state index is -0.139. The van der Waals surface area contributed by atoms with Crippen molar-refractivity contribution in [2.45, 2.75) is 5.62 Å². The van der Waals surface area contributed by atoms with E-state index in [1.807, 2.05) is 18.1 Å². The first-order valence-corrected chi connectivity index (χ1v) is 2.78. The Kier molecular flexibility index (Phi) is 1.60. The van der Waals surface area contributed by atoms with Crippen LogP contribution in [0.15, 0.2) is 12.4 Å². The smallest absolute Gasteiger partial charge is 0.173 e. The molecule has 0 saturated heterocycles. The van der Waals surface area contributed by atoms with Crippen molar-refractivity contribution in [1.29, 1.82) is 0 Å². The Morgan fingerprint density at radius 2 is 2.50 bits per heavy atom. The van der Waals surface area contributed by atoms with E-state index in [2.05, 4.69) is 10.9 Å². The van der Waals surface area contributed by atoms with E-state index in [-0.39, 0.29) is 5.62 Å². The maximum atomic E-state index is 5.67. The van der Waals surface area contributed by atoms with Crippen LogP contribution in [-0.4, -0.2) is 17.6 Å². The summed E-state index contributed by atoms with van der Waals surface area (Å²) in [5.74, 6) is 0. The van der Waals surface area contributed by atoms with Crippen LogP contribution in [0.25, 0.3) is 0 Å². The molecule has 0 saturated carbocycles. The first kappa shape index (κ1) is 5.72. The summed E-state index contributed by atoms with van der Waals surface area (Å²) >= 11 is 5.67. The molecule has 0 aromatic heterocycles. The highest BCUT2D eigenvalue weighted by Gasteiger charge is 2.07. The van der Waals surface area contributed by atoms with E-state index in [0.717, 1.165) is 0 Å². The summed E-state index contributed by atoms with van der Waals surface area (Å²) in [7, 11) is 1.89. The van der Waals surface area contributed by atoms with E-state index >= 15 is 0 Å². The van der Waals surface area contributed by atoms with Crippen molar-refractivity contribution in [3.05, 3.63) is 12.4 Å². The molecule has 0 aromatic carbocycles. The maximum absolute atomic E-state index is 5.67. The average Bonchev–Trinajstić information content (AvgIpc) is 1.77. The molecule has 0 aliphatic carbocycles. The first-order chi connectivity index (χ1) is 3.80. The third kappa shape index (κ3) is 1.05. The zero-order valence-corrected chi connectivity index (χ0v) is 5.31. The molecule has 3 nitrogen and oxygen atoms in total. The van der Waals surface area contributed by atoms with Gasteiger partial charge in [-0.3, -0.25) is 0 Å². The second-order valence-electron chi connectivity index (χ2n) is 1.61. The third-order valence-electron chi connectivity index (χ3n) is 0.953. The topological polar surface area (TPSA) is 27.3 Å². The van der Waals surface area contributed by atoms with E-state index in [4.69, 9.17) is 11.6 Å². The summed E-state index contributed by atoms with van der Waals surface area (Å²) < 4.78 is 0. The van der Waals surface area contributed by atoms with E-state index < -0.39 is 0 Å². The fourth-order valence-electron chi connectivity index (χ4n) is 0.449. The average molecular weight is 134 g/mol. The Labute approximate surface area is 53.3 Å². The maximum Gasteiger partial charge on any atom is 0.173 e. The molecule has 46 valence electrons. The zero-order chi connectivity index (χ0) is 5.98. The molecule has 0 aromatic rings. The molecule has 2 N–H and O–H groups in total. The molecule has 1 aliphatic rings. The van der Waals surface area contributed by atoms with Gasteiger partial charge in [-0.25, -0.2) is 5.43 Å². The highest BCUT2D eigenvalue weighted by Crippen LogP contribution is 1.99. The number of hydrogen-bond acceptors (Lipinski definition) is 3. The van der Waals surface area contributed by atoms with E-state index in [9.17, 15) is 0 Å². The Morgan fingerprint density at radius 1 is 1.75 bits per heavy atom. The molecular formula is C4H8ClN3. The Hall–Kier alpha value is -0.410. The fourth-order valence-corrected chi connectivity index (χ4v) is 0.577. The van der Waals surface area contributed by atoms with Crippen LogP contribution >= 0.6 is 11.6 Å². The van der Waals surface area contributed by atoms with E-state index in [1.54, 1.807) is 6.20 Å². The van der Waals surface area contributed by atoms with Crippen molar-refractivity contribution in [1.82, 2.24) is 15.8 Å². The summed E-state index contributed by atoms with van der Waals surface area (Å²) in [4.78, 5) is 1.85. The van der Waals surface area contributed by atoms with Crippen LogP contribution < -0.4 is 10.9 Å². The number of nitrogens with zero attached hydrogens (tertiary/aromatic N) is 1. The normalized spacial score (nSPS) is 27.8. The van der Waals surface area contributed by atoms with Gasteiger partial charge in [-0.2, -0.15) is 0 Å². The quantitative estimate of drug-likeness (QED) is 0.361. The molecule has 0 fully saturated rings. The summed E-state index contributed by atoms with van der Waals surface area (Å²) in [6.07, 6.45) is 3.63. The van der Waals surface area contributed by atoms with Gasteiger partial charge < -0.3 is 10.3 Å². The van der Waals surface area contributed by atoms with Crippen molar-refractivity contribution in [2.75, 3.05) is 7.05 Å². The van der Waals surface area contributed by atoms with Crippen molar-refractivity contribution in [2.24, 2.45) is 0 Å². The summed E-state index contributed by atoms with van der Waals surface area (Å²) in [6.45, 7) is 0. The molecule has 0 bridgehead atoms. The SMILES string of the molecule is CN1C=CNNC1Cl. The number of rotatable bonds is 0. The lowest BCUT2D eigenvalue weighted by Gasteiger charge is -2.25. The van der Waals surface area contributed by atoms with Crippen molar-refractivity contribution in [3.63, 3.8) is 0 Å². The molecule has 1 aliphatic heterocycles. The van der Waals surface area contributed by atoms with Gasteiger partial charge in [0.25, 0.3) is 0 Å². The van der Waals surface area contributed by atoms with Gasteiger partial charge >= 0.3 is 0 Å². The molecule has 4 heteroatoms. The van der Waals surface area contributed by atoms with Crippen molar-refractivity contribution in [3.8, 4) is 0 Å². The number of hydrazine groups is 1. The number of nitrogens with one attached hydrogen (secondary N) is 2. The summed E-state index contributed by atoms with van der Waals surface area (Å²) in [5.41, 5.74) is 5.41. The van der Waals surface area contributed by atoms with E-state index in [0.29, 0.717) is 0 Å². The predicted octanol–water partition coefficient (Wildman–Crippen LogP) is 0.0196. The molecule has 1 heterocycles. The van der Waals surface area contributed by atoms with Crippen LogP contribution in [-0.2, 0) is 0 Å². The number of hydrogen-bond donors (Lipinski definition) is 2. The second-order valence-corrected chi connectivity index (χ2v) is 2.02. The molecule has 0 radical (unpaired) electrons. The Bertz CT molecular complexity index is 103. The predicted molar refractivity (Wildman–Crippen MR) is 32.8 cm³/mol. The molecule has 0 spiro atoms. The van der Waals surface area contributed by atoms with E-state index in [1.165, 1.54) is 0 Å². The van der Waals surface area contributed by atoms with Crippen LogP contribution in [0.4, 0.5) is 0 Å². The highest BCUT2D eigenvalue weighted by atomic mass is 35.5. The second kappa shape index (κ2) is 2.24. The molecule has 1 atom stereocenters. The zero-order valence-electron chi connectivity index (χ0n) is 4.56. The van der Waals surface area contributed by atoms with Gasteiger partial charge in [0.2, 0.25) is 0 Å². The van der Waals surface area contributed by atoms with Gasteiger partial charge in [-0.1, -0.05) is 11.6 Å². The van der Waals surface area contributed by atoms with Crippen LogP contribution in [0.3, 0.4) is 0 Å². The third-order valence-corrected chi connectivity index (χ3v) is 1.37. The molecule has 1 rings (SSSR count). The molecule has 0 amide bonds. The highest BCUT2D eigenvalue weighted by molar-refractivity contribution is 6.20. The van der Waals surface area contributed by atoms with Crippen LogP contribution in [0.1, 0.15) is 0 Å². The van der Waals surface area contributed by atoms with Crippen LogP contribution in [0.5, 0.6) is 0 Å². The summed E-state index contributed by atoms with van der Waals surface area (Å²) in [6, 6.07) is 0. The summed E-state index contributed by atoms with van der Waals surface area (Å²) in [5, 5.41) is 0. The van der Waals surface area contributed by atoms with Gasteiger partial charge in [0.05, 0.1) is 0 Å². The monoisotopic (exact) mass is 133 g/mol. The van der Waals surface area contributed by atoms with Gasteiger partial charge in [-0.15, -0.1) is 0 Å². The Morgan fingerprint density at radius 3 is 2.88 bits per heavy atom.